The van der Waals surface area contributed by atoms with Gasteiger partial charge in [-0.1, -0.05) is 60.7 Å². The Kier molecular flexibility index (Phi) is 3.71. The second-order valence-corrected chi connectivity index (χ2v) is 5.68. The fraction of sp³-hybridized carbons (Fsp3) is 0. The summed E-state index contributed by atoms with van der Waals surface area (Å²) in [7, 11) is 0. The monoisotopic (exact) mass is 329 g/mol. The number of carbonyl (C=O) groups is 1. The largest absolute Gasteiger partial charge is 0.511 e. The summed E-state index contributed by atoms with van der Waals surface area (Å²) in [4.78, 5) is 14.3. The maximum absolute atomic E-state index is 10.9. The quantitative estimate of drug-likeness (QED) is 0.382. The van der Waals surface area contributed by atoms with E-state index in [0.29, 0.717) is 5.75 Å². The number of nitrogens with one attached hydrogen (secondary N) is 1. The van der Waals surface area contributed by atoms with Gasteiger partial charge in [-0.2, -0.15) is 0 Å². The third-order valence-electron chi connectivity index (χ3n) is 4.10. The van der Waals surface area contributed by atoms with Crippen molar-refractivity contribution >= 4 is 17.1 Å². The van der Waals surface area contributed by atoms with Gasteiger partial charge in [0.25, 0.3) is 0 Å². The molecule has 0 atom stereocenters. The Morgan fingerprint density at radius 2 is 1.48 bits per heavy atom. The van der Waals surface area contributed by atoms with Gasteiger partial charge in [-0.15, -0.1) is 0 Å². The van der Waals surface area contributed by atoms with Gasteiger partial charge in [0.15, 0.2) is 0 Å². The Morgan fingerprint density at radius 1 is 0.840 bits per heavy atom. The normalized spacial score (nSPS) is 10.7. The third kappa shape index (κ3) is 2.85. The zero-order valence-corrected chi connectivity index (χ0v) is 13.3. The van der Waals surface area contributed by atoms with Gasteiger partial charge in [-0.25, -0.2) is 4.79 Å². The van der Waals surface area contributed by atoms with Crippen molar-refractivity contribution in [3.63, 3.8) is 0 Å². The fourth-order valence-electron chi connectivity index (χ4n) is 3.06. The van der Waals surface area contributed by atoms with Crippen LogP contribution in [0.5, 0.6) is 5.75 Å². The number of rotatable bonds is 3. The van der Waals surface area contributed by atoms with E-state index in [4.69, 9.17) is 9.84 Å². The van der Waals surface area contributed by atoms with Crippen molar-refractivity contribution in [2.75, 3.05) is 0 Å². The molecule has 0 bridgehead atoms. The maximum atomic E-state index is 10.9. The number of hydrogen-bond donors (Lipinski definition) is 2. The van der Waals surface area contributed by atoms with Crippen LogP contribution in [0.15, 0.2) is 78.9 Å². The van der Waals surface area contributed by atoms with Crippen LogP contribution in [0.3, 0.4) is 0 Å². The highest BCUT2D eigenvalue weighted by molar-refractivity contribution is 6.04. The summed E-state index contributed by atoms with van der Waals surface area (Å²) in [6.45, 7) is 0. The van der Waals surface area contributed by atoms with Crippen LogP contribution in [0.1, 0.15) is 0 Å². The standard InChI is InChI=1S/C21H15NO3/c23-21(24)25-16-11-12-18-17(13-16)19(14-7-3-1-4-8-14)20(22-18)15-9-5-2-6-10-15/h1-13,22H,(H,23,24). The number of H-pyrrole nitrogens is 1. The van der Waals surface area contributed by atoms with E-state index in [2.05, 4.69) is 4.98 Å². The van der Waals surface area contributed by atoms with Crippen molar-refractivity contribution in [3.05, 3.63) is 78.9 Å². The number of carboxylic acid groups (broad SMARTS) is 1. The molecule has 0 unspecified atom stereocenters. The van der Waals surface area contributed by atoms with E-state index < -0.39 is 6.16 Å². The Morgan fingerprint density at radius 3 is 2.12 bits per heavy atom. The number of benzene rings is 3. The fourth-order valence-corrected chi connectivity index (χ4v) is 3.06. The molecular formula is C21H15NO3. The Hall–Kier alpha value is -3.53. The lowest BCUT2D eigenvalue weighted by Gasteiger charge is -2.06. The molecule has 1 heterocycles. The average Bonchev–Trinajstić information content (AvgIpc) is 3.01. The van der Waals surface area contributed by atoms with E-state index in [1.54, 1.807) is 12.1 Å². The molecule has 0 aliphatic heterocycles. The molecule has 1 aromatic heterocycles. The predicted molar refractivity (Wildman–Crippen MR) is 97.8 cm³/mol. The number of aromatic nitrogens is 1. The van der Waals surface area contributed by atoms with E-state index in [9.17, 15) is 4.79 Å². The van der Waals surface area contributed by atoms with Gasteiger partial charge in [0.1, 0.15) is 5.75 Å². The first-order valence-electron chi connectivity index (χ1n) is 7.90. The summed E-state index contributed by atoms with van der Waals surface area (Å²) in [6.07, 6.45) is -1.32. The van der Waals surface area contributed by atoms with Crippen molar-refractivity contribution in [2.24, 2.45) is 0 Å². The van der Waals surface area contributed by atoms with Gasteiger partial charge in [0, 0.05) is 16.5 Å². The summed E-state index contributed by atoms with van der Waals surface area (Å²) in [5.41, 5.74) is 5.07. The zero-order chi connectivity index (χ0) is 17.2. The molecule has 0 aliphatic carbocycles. The molecule has 4 rings (SSSR count). The van der Waals surface area contributed by atoms with E-state index in [1.807, 2.05) is 66.7 Å². The molecule has 3 aromatic carbocycles. The van der Waals surface area contributed by atoms with Crippen molar-refractivity contribution in [3.8, 4) is 28.1 Å². The molecule has 0 saturated carbocycles. The highest BCUT2D eigenvalue weighted by Gasteiger charge is 2.16. The van der Waals surface area contributed by atoms with Crippen LogP contribution in [0, 0.1) is 0 Å². The van der Waals surface area contributed by atoms with Crippen molar-refractivity contribution in [2.45, 2.75) is 0 Å². The van der Waals surface area contributed by atoms with Crippen LogP contribution in [0.4, 0.5) is 4.79 Å². The minimum atomic E-state index is -1.32. The summed E-state index contributed by atoms with van der Waals surface area (Å²) in [5.74, 6) is 0.302. The molecule has 0 aliphatic rings. The molecule has 2 N–H and O–H groups in total. The first kappa shape index (κ1) is 15.0. The van der Waals surface area contributed by atoms with Gasteiger partial charge >= 0.3 is 6.16 Å². The van der Waals surface area contributed by atoms with E-state index in [0.717, 1.165) is 33.3 Å². The molecular weight excluding hydrogens is 314 g/mol. The van der Waals surface area contributed by atoms with Gasteiger partial charge in [0.05, 0.1) is 5.69 Å². The van der Waals surface area contributed by atoms with Crippen LogP contribution < -0.4 is 4.74 Å². The predicted octanol–water partition coefficient (Wildman–Crippen LogP) is 5.56. The summed E-state index contributed by atoms with van der Waals surface area (Å²) < 4.78 is 4.83. The number of aromatic amines is 1. The molecule has 25 heavy (non-hydrogen) atoms. The first-order valence-corrected chi connectivity index (χ1v) is 7.90. The highest BCUT2D eigenvalue weighted by Crippen LogP contribution is 2.39. The van der Waals surface area contributed by atoms with Gasteiger partial charge in [-0.05, 0) is 29.3 Å². The van der Waals surface area contributed by atoms with Crippen LogP contribution in [-0.2, 0) is 0 Å². The molecule has 4 aromatic rings. The summed E-state index contributed by atoms with van der Waals surface area (Å²) >= 11 is 0. The third-order valence-corrected chi connectivity index (χ3v) is 4.10. The number of hydrogen-bond acceptors (Lipinski definition) is 2. The van der Waals surface area contributed by atoms with Crippen molar-refractivity contribution in [1.29, 1.82) is 0 Å². The molecule has 4 heteroatoms. The molecule has 0 saturated heterocycles. The summed E-state index contributed by atoms with van der Waals surface area (Å²) in [6, 6.07) is 25.3. The lowest BCUT2D eigenvalue weighted by atomic mass is 9.98. The topological polar surface area (TPSA) is 62.3 Å². The number of fused-ring (bicyclic) bond motifs is 1. The molecule has 0 amide bonds. The second kappa shape index (κ2) is 6.17. The van der Waals surface area contributed by atoms with E-state index in [-0.39, 0.29) is 0 Å². The molecule has 122 valence electrons. The molecule has 0 spiro atoms. The van der Waals surface area contributed by atoms with E-state index >= 15 is 0 Å². The minimum Gasteiger partial charge on any atom is -0.449 e. The lowest BCUT2D eigenvalue weighted by molar-refractivity contribution is 0.144. The number of ether oxygens (including phenoxy) is 1. The maximum Gasteiger partial charge on any atom is 0.511 e. The van der Waals surface area contributed by atoms with Gasteiger partial charge < -0.3 is 14.8 Å². The van der Waals surface area contributed by atoms with E-state index in [1.165, 1.54) is 0 Å². The zero-order valence-electron chi connectivity index (χ0n) is 13.3. The SMILES string of the molecule is O=C(O)Oc1ccc2[nH]c(-c3ccccc3)c(-c3ccccc3)c2c1. The Bertz CT molecular complexity index is 1040. The first-order chi connectivity index (χ1) is 12.2. The minimum absolute atomic E-state index is 0.302. The lowest BCUT2D eigenvalue weighted by Crippen LogP contribution is -2.02. The van der Waals surface area contributed by atoms with Crippen molar-refractivity contribution in [1.82, 2.24) is 4.98 Å². The van der Waals surface area contributed by atoms with Gasteiger partial charge in [0.2, 0.25) is 0 Å². The van der Waals surface area contributed by atoms with Crippen LogP contribution in [-0.4, -0.2) is 16.2 Å². The van der Waals surface area contributed by atoms with Crippen molar-refractivity contribution < 1.29 is 14.6 Å². The van der Waals surface area contributed by atoms with Gasteiger partial charge in [-0.3, -0.25) is 0 Å². The van der Waals surface area contributed by atoms with Crippen LogP contribution in [0.2, 0.25) is 0 Å². The second-order valence-electron chi connectivity index (χ2n) is 5.68. The Balaban J connectivity index is 2.00. The van der Waals surface area contributed by atoms with Crippen LogP contribution in [0.25, 0.3) is 33.3 Å². The molecule has 0 radical (unpaired) electrons. The Labute approximate surface area is 144 Å². The molecule has 4 nitrogen and oxygen atoms in total. The average molecular weight is 329 g/mol. The van der Waals surface area contributed by atoms with Crippen LogP contribution >= 0.6 is 0 Å². The summed E-state index contributed by atoms with van der Waals surface area (Å²) in [5, 5.41) is 9.80. The molecule has 0 fully saturated rings. The highest BCUT2D eigenvalue weighted by atomic mass is 16.7. The smallest absolute Gasteiger partial charge is 0.449 e.